The van der Waals surface area contributed by atoms with Crippen LogP contribution in [0.15, 0.2) is 82.8 Å². The molecule has 3 aromatic carbocycles. The van der Waals surface area contributed by atoms with Gasteiger partial charge in [-0.1, -0.05) is 34.7 Å². The number of aliphatic imine (C=N–C) groups is 2. The van der Waals surface area contributed by atoms with Crippen molar-refractivity contribution in [1.29, 1.82) is 0 Å². The van der Waals surface area contributed by atoms with Crippen molar-refractivity contribution >= 4 is 45.4 Å². The average molecular weight is 396 g/mol. The topological polar surface area (TPSA) is 138 Å². The third-order valence-corrected chi connectivity index (χ3v) is 4.47. The van der Waals surface area contributed by atoms with Crippen LogP contribution < -0.4 is 11.5 Å². The van der Waals surface area contributed by atoms with E-state index in [9.17, 15) is 0 Å². The second-order valence-corrected chi connectivity index (χ2v) is 6.44. The fraction of sp³-hybridized carbons (Fsp3) is 0. The Morgan fingerprint density at radius 1 is 0.600 bits per heavy atom. The molecule has 0 saturated heterocycles. The van der Waals surface area contributed by atoms with Crippen LogP contribution in [-0.4, -0.2) is 41.9 Å². The Bertz CT molecular complexity index is 1300. The molecule has 5 rings (SSSR count). The second-order valence-electron chi connectivity index (χ2n) is 6.44. The van der Waals surface area contributed by atoms with Crippen LogP contribution in [0.3, 0.4) is 0 Å². The molecule has 0 fully saturated rings. The quantitative estimate of drug-likeness (QED) is 0.346. The van der Waals surface area contributed by atoms with Crippen molar-refractivity contribution in [2.24, 2.45) is 21.5 Å². The van der Waals surface area contributed by atoms with Gasteiger partial charge in [0.15, 0.2) is 0 Å². The lowest BCUT2D eigenvalue weighted by Gasteiger charge is -2.03. The molecule has 0 aliphatic carbocycles. The predicted octanol–water partition coefficient (Wildman–Crippen LogP) is 2.16. The predicted molar refractivity (Wildman–Crippen MR) is 115 cm³/mol. The van der Waals surface area contributed by atoms with E-state index in [1.807, 2.05) is 48.5 Å². The van der Waals surface area contributed by atoms with Crippen molar-refractivity contribution in [3.8, 4) is 0 Å². The number of nitrogens with zero attached hydrogens (tertiary/aromatic N) is 8. The van der Waals surface area contributed by atoms with Gasteiger partial charge in [-0.3, -0.25) is 0 Å². The molecule has 30 heavy (non-hydrogen) atoms. The Morgan fingerprint density at radius 3 is 1.43 bits per heavy atom. The van der Waals surface area contributed by atoms with Crippen LogP contribution in [0.2, 0.25) is 0 Å². The van der Waals surface area contributed by atoms with E-state index in [0.29, 0.717) is 11.4 Å². The van der Waals surface area contributed by atoms with Gasteiger partial charge in [-0.05, 0) is 48.5 Å². The van der Waals surface area contributed by atoms with Crippen molar-refractivity contribution in [3.05, 3.63) is 72.8 Å². The number of para-hydroxylation sites is 2. The molecule has 0 saturated carbocycles. The Hall–Kier alpha value is -4.60. The minimum absolute atomic E-state index is 0.216. The molecule has 0 amide bonds. The van der Waals surface area contributed by atoms with Crippen LogP contribution >= 0.6 is 0 Å². The average Bonchev–Trinajstić information content (AvgIpc) is 3.39. The minimum Gasteiger partial charge on any atom is -0.368 e. The van der Waals surface area contributed by atoms with Crippen LogP contribution in [0.4, 0.5) is 11.4 Å². The van der Waals surface area contributed by atoms with Gasteiger partial charge in [-0.15, -0.1) is 10.2 Å². The number of rotatable bonds is 2. The number of hydrogen-bond acceptors (Lipinski definition) is 6. The van der Waals surface area contributed by atoms with E-state index in [0.717, 1.165) is 22.1 Å². The van der Waals surface area contributed by atoms with Gasteiger partial charge in [-0.25, -0.2) is 9.98 Å². The Morgan fingerprint density at radius 2 is 1.00 bits per heavy atom. The SMILES string of the molecule is NC(=Nc1ccc(N=C(N)n2nnc3ccccc32)cc1)n1nnc2ccccc21. The molecule has 0 unspecified atom stereocenters. The van der Waals surface area contributed by atoms with E-state index in [-0.39, 0.29) is 11.9 Å². The first kappa shape index (κ1) is 17.5. The highest BCUT2D eigenvalue weighted by Crippen LogP contribution is 2.20. The summed E-state index contributed by atoms with van der Waals surface area (Å²) in [5.74, 6) is 0.433. The van der Waals surface area contributed by atoms with Crippen LogP contribution in [0, 0.1) is 0 Å². The van der Waals surface area contributed by atoms with Gasteiger partial charge in [0.1, 0.15) is 11.0 Å². The van der Waals surface area contributed by atoms with Gasteiger partial charge in [0.2, 0.25) is 11.9 Å². The Kier molecular flexibility index (Phi) is 4.14. The number of hydrogen-bond donors (Lipinski definition) is 2. The second kappa shape index (κ2) is 7.09. The van der Waals surface area contributed by atoms with E-state index in [2.05, 4.69) is 30.6 Å². The summed E-state index contributed by atoms with van der Waals surface area (Å²) in [7, 11) is 0. The molecule has 2 aromatic heterocycles. The van der Waals surface area contributed by atoms with Crippen molar-refractivity contribution in [2.75, 3.05) is 0 Å². The molecular formula is C20H16N10. The maximum atomic E-state index is 6.12. The molecule has 4 N–H and O–H groups in total. The van der Waals surface area contributed by atoms with E-state index >= 15 is 0 Å². The zero-order valence-corrected chi connectivity index (χ0v) is 15.7. The van der Waals surface area contributed by atoms with Crippen molar-refractivity contribution < 1.29 is 0 Å². The smallest absolute Gasteiger partial charge is 0.223 e. The molecule has 0 aliphatic heterocycles. The minimum atomic E-state index is 0.216. The summed E-state index contributed by atoms with van der Waals surface area (Å²) < 4.78 is 2.99. The lowest BCUT2D eigenvalue weighted by atomic mass is 10.3. The number of benzene rings is 3. The van der Waals surface area contributed by atoms with E-state index < -0.39 is 0 Å². The van der Waals surface area contributed by atoms with Crippen LogP contribution in [0.1, 0.15) is 0 Å². The Balaban J connectivity index is 1.41. The van der Waals surface area contributed by atoms with Crippen molar-refractivity contribution in [2.45, 2.75) is 0 Å². The highest BCUT2D eigenvalue weighted by Gasteiger charge is 2.08. The zero-order valence-electron chi connectivity index (χ0n) is 15.7. The first-order chi connectivity index (χ1) is 14.7. The largest absolute Gasteiger partial charge is 0.368 e. The summed E-state index contributed by atoms with van der Waals surface area (Å²) >= 11 is 0. The summed E-state index contributed by atoms with van der Waals surface area (Å²) in [6.45, 7) is 0. The zero-order chi connectivity index (χ0) is 20.5. The van der Waals surface area contributed by atoms with Crippen LogP contribution in [0.25, 0.3) is 22.1 Å². The first-order valence-electron chi connectivity index (χ1n) is 9.09. The highest BCUT2D eigenvalue weighted by molar-refractivity contribution is 5.92. The summed E-state index contributed by atoms with van der Waals surface area (Å²) in [6, 6.07) is 22.2. The third-order valence-electron chi connectivity index (χ3n) is 4.47. The lowest BCUT2D eigenvalue weighted by molar-refractivity contribution is 0.853. The molecule has 0 atom stereocenters. The maximum absolute atomic E-state index is 6.12. The molecule has 10 heteroatoms. The molecule has 5 aromatic rings. The van der Waals surface area contributed by atoms with Gasteiger partial charge >= 0.3 is 0 Å². The molecule has 146 valence electrons. The lowest BCUT2D eigenvalue weighted by Crippen LogP contribution is -2.23. The molecule has 0 aliphatic rings. The third kappa shape index (κ3) is 3.11. The van der Waals surface area contributed by atoms with Gasteiger partial charge < -0.3 is 11.5 Å². The van der Waals surface area contributed by atoms with Gasteiger partial charge in [-0.2, -0.15) is 9.36 Å². The molecule has 2 heterocycles. The van der Waals surface area contributed by atoms with E-state index in [4.69, 9.17) is 11.5 Å². The standard InChI is InChI=1S/C20H16N10/c21-19(29-17-7-3-1-5-15(17)25-27-29)23-13-9-11-14(12-10-13)24-20(22)30-18-8-4-2-6-16(18)26-28-30/h1-12H,(H2,21,23)(H2,22,24). The van der Waals surface area contributed by atoms with Crippen LogP contribution in [0.5, 0.6) is 0 Å². The first-order valence-corrected chi connectivity index (χ1v) is 9.09. The number of nitrogens with two attached hydrogens (primary N) is 2. The summed E-state index contributed by atoms with van der Waals surface area (Å²) in [6.07, 6.45) is 0. The fourth-order valence-electron chi connectivity index (χ4n) is 3.04. The van der Waals surface area contributed by atoms with Crippen LogP contribution in [-0.2, 0) is 0 Å². The fourth-order valence-corrected chi connectivity index (χ4v) is 3.04. The maximum Gasteiger partial charge on any atom is 0.223 e. The van der Waals surface area contributed by atoms with Crippen molar-refractivity contribution in [3.63, 3.8) is 0 Å². The van der Waals surface area contributed by atoms with E-state index in [1.54, 1.807) is 24.3 Å². The molecule has 0 spiro atoms. The summed E-state index contributed by atoms with van der Waals surface area (Å²) in [4.78, 5) is 8.82. The Labute approximate surface area is 170 Å². The van der Waals surface area contributed by atoms with Gasteiger partial charge in [0, 0.05) is 0 Å². The monoisotopic (exact) mass is 396 g/mol. The summed E-state index contributed by atoms with van der Waals surface area (Å²) in [5, 5.41) is 16.3. The normalized spacial score (nSPS) is 12.7. The van der Waals surface area contributed by atoms with Gasteiger partial charge in [0.25, 0.3) is 0 Å². The molecule has 10 nitrogen and oxygen atoms in total. The van der Waals surface area contributed by atoms with Crippen molar-refractivity contribution in [1.82, 2.24) is 30.0 Å². The molecule has 0 radical (unpaired) electrons. The number of fused-ring (bicyclic) bond motifs is 2. The highest BCUT2D eigenvalue weighted by atomic mass is 15.5. The number of aromatic nitrogens is 6. The molecule has 0 bridgehead atoms. The summed E-state index contributed by atoms with van der Waals surface area (Å²) in [5.41, 5.74) is 16.6. The van der Waals surface area contributed by atoms with Gasteiger partial charge in [0.05, 0.1) is 22.4 Å². The van der Waals surface area contributed by atoms with E-state index in [1.165, 1.54) is 9.36 Å². The molecular weight excluding hydrogens is 380 g/mol.